The van der Waals surface area contributed by atoms with E-state index in [9.17, 15) is 4.79 Å². The molecule has 0 bridgehead atoms. The standard InChI is InChI=1S/C28H27NO4/c1-4-32-25-15-13-21(28(30)29-24-16-19(2)12-14-27(24)31-3)17-22(25)18-33-26-11-7-9-20-8-5-6-10-23(20)26/h5-17H,4,18H2,1-3H3,(H,29,30). The number of nitrogens with one attached hydrogen (secondary N) is 1. The highest BCUT2D eigenvalue weighted by Crippen LogP contribution is 2.29. The Labute approximate surface area is 193 Å². The summed E-state index contributed by atoms with van der Waals surface area (Å²) in [5.41, 5.74) is 2.97. The van der Waals surface area contributed by atoms with Gasteiger partial charge in [0.15, 0.2) is 0 Å². The van der Waals surface area contributed by atoms with Gasteiger partial charge in [0.25, 0.3) is 5.91 Å². The van der Waals surface area contributed by atoms with Crippen LogP contribution in [-0.4, -0.2) is 19.6 Å². The molecule has 0 aliphatic heterocycles. The van der Waals surface area contributed by atoms with Crippen LogP contribution in [0.3, 0.4) is 0 Å². The van der Waals surface area contributed by atoms with Gasteiger partial charge in [-0.1, -0.05) is 42.5 Å². The summed E-state index contributed by atoms with van der Waals surface area (Å²) in [7, 11) is 1.58. The Morgan fingerprint density at radius 1 is 0.848 bits per heavy atom. The minimum atomic E-state index is -0.228. The molecule has 0 unspecified atom stereocenters. The molecule has 4 aromatic rings. The third kappa shape index (κ3) is 5.09. The Hall–Kier alpha value is -3.99. The molecule has 0 aromatic heterocycles. The van der Waals surface area contributed by atoms with Gasteiger partial charge >= 0.3 is 0 Å². The summed E-state index contributed by atoms with van der Waals surface area (Å²) in [4.78, 5) is 13.0. The van der Waals surface area contributed by atoms with E-state index in [1.807, 2.05) is 74.5 Å². The number of aryl methyl sites for hydroxylation is 1. The van der Waals surface area contributed by atoms with Gasteiger partial charge in [-0.15, -0.1) is 0 Å². The quantitative estimate of drug-likeness (QED) is 0.344. The smallest absolute Gasteiger partial charge is 0.255 e. The summed E-state index contributed by atoms with van der Waals surface area (Å²) >= 11 is 0. The average molecular weight is 442 g/mol. The molecule has 0 saturated carbocycles. The number of benzene rings is 4. The van der Waals surface area contributed by atoms with Crippen LogP contribution in [0.25, 0.3) is 10.8 Å². The van der Waals surface area contributed by atoms with E-state index >= 15 is 0 Å². The van der Waals surface area contributed by atoms with E-state index in [1.165, 1.54) is 0 Å². The highest BCUT2D eigenvalue weighted by atomic mass is 16.5. The van der Waals surface area contributed by atoms with Crippen LogP contribution in [0.4, 0.5) is 5.69 Å². The van der Waals surface area contributed by atoms with Gasteiger partial charge in [0.2, 0.25) is 0 Å². The van der Waals surface area contributed by atoms with Crippen molar-refractivity contribution < 1.29 is 19.0 Å². The maximum atomic E-state index is 13.0. The van der Waals surface area contributed by atoms with E-state index in [-0.39, 0.29) is 12.5 Å². The Bertz CT molecular complexity index is 1280. The normalized spacial score (nSPS) is 10.6. The fourth-order valence-corrected chi connectivity index (χ4v) is 3.72. The van der Waals surface area contributed by atoms with Gasteiger partial charge in [0.05, 0.1) is 19.4 Å². The van der Waals surface area contributed by atoms with E-state index < -0.39 is 0 Å². The fraction of sp³-hybridized carbons (Fsp3) is 0.179. The minimum Gasteiger partial charge on any atom is -0.495 e. The maximum Gasteiger partial charge on any atom is 0.255 e. The van der Waals surface area contributed by atoms with Gasteiger partial charge < -0.3 is 19.5 Å². The molecule has 0 saturated heterocycles. The summed E-state index contributed by atoms with van der Waals surface area (Å²) in [5.74, 6) is 1.87. The Morgan fingerprint density at radius 2 is 1.64 bits per heavy atom. The van der Waals surface area contributed by atoms with Gasteiger partial charge in [-0.2, -0.15) is 0 Å². The van der Waals surface area contributed by atoms with Crippen molar-refractivity contribution in [1.82, 2.24) is 0 Å². The Morgan fingerprint density at radius 3 is 2.45 bits per heavy atom. The Balaban J connectivity index is 1.59. The summed E-state index contributed by atoms with van der Waals surface area (Å²) < 4.78 is 17.3. The minimum absolute atomic E-state index is 0.228. The SMILES string of the molecule is CCOc1ccc(C(=O)Nc2cc(C)ccc2OC)cc1COc1cccc2ccccc12. The van der Waals surface area contributed by atoms with Crippen molar-refractivity contribution in [3.8, 4) is 17.2 Å². The molecule has 0 aliphatic carbocycles. The lowest BCUT2D eigenvalue weighted by Crippen LogP contribution is -2.14. The number of methoxy groups -OCH3 is 1. The first kappa shape index (κ1) is 22.2. The molecule has 0 atom stereocenters. The second-order valence-electron chi connectivity index (χ2n) is 7.68. The molecule has 5 heteroatoms. The van der Waals surface area contributed by atoms with Crippen molar-refractivity contribution in [1.29, 1.82) is 0 Å². The molecule has 4 rings (SSSR count). The molecule has 4 aromatic carbocycles. The topological polar surface area (TPSA) is 56.8 Å². The van der Waals surface area contributed by atoms with Crippen LogP contribution < -0.4 is 19.5 Å². The van der Waals surface area contributed by atoms with E-state index in [4.69, 9.17) is 14.2 Å². The second kappa shape index (κ2) is 10.1. The molecule has 0 spiro atoms. The largest absolute Gasteiger partial charge is 0.495 e. The molecule has 0 heterocycles. The highest BCUT2D eigenvalue weighted by Gasteiger charge is 2.14. The first-order valence-corrected chi connectivity index (χ1v) is 10.9. The molecule has 0 aliphatic rings. The molecule has 1 amide bonds. The molecule has 0 radical (unpaired) electrons. The Kier molecular flexibility index (Phi) is 6.79. The average Bonchev–Trinajstić information content (AvgIpc) is 2.83. The van der Waals surface area contributed by atoms with Crippen LogP contribution in [0, 0.1) is 6.92 Å². The number of rotatable bonds is 8. The number of carbonyl (C=O) groups excluding carboxylic acids is 1. The molecule has 1 N–H and O–H groups in total. The predicted octanol–water partition coefficient (Wildman–Crippen LogP) is 6.39. The van der Waals surface area contributed by atoms with E-state index in [1.54, 1.807) is 13.2 Å². The first-order chi connectivity index (χ1) is 16.1. The van der Waals surface area contributed by atoms with Crippen LogP contribution >= 0.6 is 0 Å². The highest BCUT2D eigenvalue weighted by molar-refractivity contribution is 6.05. The number of hydrogen-bond donors (Lipinski definition) is 1. The molecular formula is C28H27NO4. The monoisotopic (exact) mass is 441 g/mol. The summed E-state index contributed by atoms with van der Waals surface area (Å²) in [6, 6.07) is 25.1. The number of amides is 1. The van der Waals surface area contributed by atoms with Gasteiger partial charge in [0, 0.05) is 16.5 Å². The number of ether oxygens (including phenoxy) is 3. The van der Waals surface area contributed by atoms with Crippen LogP contribution in [0.5, 0.6) is 17.2 Å². The van der Waals surface area contributed by atoms with Crippen LogP contribution in [0.15, 0.2) is 78.9 Å². The molecule has 5 nitrogen and oxygen atoms in total. The van der Waals surface area contributed by atoms with Crippen LogP contribution in [-0.2, 0) is 6.61 Å². The fourth-order valence-electron chi connectivity index (χ4n) is 3.72. The van der Waals surface area contributed by atoms with Gasteiger partial charge in [-0.25, -0.2) is 0 Å². The summed E-state index contributed by atoms with van der Waals surface area (Å²) in [5, 5.41) is 5.10. The summed E-state index contributed by atoms with van der Waals surface area (Å²) in [6.45, 7) is 4.69. The van der Waals surface area contributed by atoms with Crippen molar-refractivity contribution in [2.24, 2.45) is 0 Å². The van der Waals surface area contributed by atoms with Crippen molar-refractivity contribution in [2.45, 2.75) is 20.5 Å². The van der Waals surface area contributed by atoms with Gasteiger partial charge in [-0.3, -0.25) is 4.79 Å². The van der Waals surface area contributed by atoms with E-state index in [2.05, 4.69) is 17.4 Å². The molecule has 168 valence electrons. The number of anilines is 1. The third-order valence-electron chi connectivity index (χ3n) is 5.36. The maximum absolute atomic E-state index is 13.0. The van der Waals surface area contributed by atoms with Crippen LogP contribution in [0.2, 0.25) is 0 Å². The first-order valence-electron chi connectivity index (χ1n) is 10.9. The second-order valence-corrected chi connectivity index (χ2v) is 7.68. The number of hydrogen-bond acceptors (Lipinski definition) is 4. The predicted molar refractivity (Wildman–Crippen MR) is 132 cm³/mol. The van der Waals surface area contributed by atoms with Gasteiger partial charge in [0.1, 0.15) is 23.9 Å². The van der Waals surface area contributed by atoms with E-state index in [0.717, 1.165) is 27.6 Å². The van der Waals surface area contributed by atoms with Crippen molar-refractivity contribution in [3.63, 3.8) is 0 Å². The lowest BCUT2D eigenvalue weighted by Gasteiger charge is -2.15. The van der Waals surface area contributed by atoms with Crippen molar-refractivity contribution >= 4 is 22.4 Å². The van der Waals surface area contributed by atoms with Gasteiger partial charge in [-0.05, 0) is 61.2 Å². The lowest BCUT2D eigenvalue weighted by atomic mass is 10.1. The van der Waals surface area contributed by atoms with E-state index in [0.29, 0.717) is 29.4 Å². The number of carbonyl (C=O) groups is 1. The molecular weight excluding hydrogens is 414 g/mol. The zero-order valence-electron chi connectivity index (χ0n) is 19.1. The van der Waals surface area contributed by atoms with Crippen LogP contribution in [0.1, 0.15) is 28.4 Å². The lowest BCUT2D eigenvalue weighted by molar-refractivity contribution is 0.102. The van der Waals surface area contributed by atoms with Crippen molar-refractivity contribution in [2.75, 3.05) is 19.0 Å². The van der Waals surface area contributed by atoms with Crippen molar-refractivity contribution in [3.05, 3.63) is 95.6 Å². The third-order valence-corrected chi connectivity index (χ3v) is 5.36. The summed E-state index contributed by atoms with van der Waals surface area (Å²) in [6.07, 6.45) is 0. The number of fused-ring (bicyclic) bond motifs is 1. The molecule has 33 heavy (non-hydrogen) atoms. The molecule has 0 fully saturated rings. The zero-order valence-corrected chi connectivity index (χ0v) is 19.1. The zero-order chi connectivity index (χ0) is 23.2.